The molecule has 1 aromatic heterocycles. The number of aromatic nitrogens is 3. The van der Waals surface area contributed by atoms with Crippen molar-refractivity contribution in [3.63, 3.8) is 0 Å². The van der Waals surface area contributed by atoms with Crippen LogP contribution in [0.5, 0.6) is 0 Å². The van der Waals surface area contributed by atoms with Crippen LogP contribution in [0.4, 0.5) is 5.95 Å². The average Bonchev–Trinajstić information content (AvgIpc) is 3.32. The Kier molecular flexibility index (Phi) is 3.82. The fraction of sp³-hybridized carbons (Fsp3) is 0.875. The summed E-state index contributed by atoms with van der Waals surface area (Å²) in [6.07, 6.45) is 6.85. The molecular formula is C16H27N5O. The summed E-state index contributed by atoms with van der Waals surface area (Å²) >= 11 is 0. The van der Waals surface area contributed by atoms with E-state index in [4.69, 9.17) is 4.74 Å². The first-order chi connectivity index (χ1) is 10.8. The maximum atomic E-state index is 5.19. The van der Waals surface area contributed by atoms with E-state index in [9.17, 15) is 0 Å². The third kappa shape index (κ3) is 2.52. The number of nitrogens with zero attached hydrogens (tertiary/aromatic N) is 5. The van der Waals surface area contributed by atoms with Crippen LogP contribution in [-0.4, -0.2) is 58.5 Å². The Morgan fingerprint density at radius 3 is 2.77 bits per heavy atom. The molecule has 122 valence electrons. The number of hydrogen-bond acceptors (Lipinski definition) is 5. The second kappa shape index (κ2) is 5.81. The Balaban J connectivity index is 1.47. The highest BCUT2D eigenvalue weighted by molar-refractivity contribution is 5.32. The molecule has 2 unspecified atom stereocenters. The Morgan fingerprint density at radius 1 is 1.14 bits per heavy atom. The lowest BCUT2D eigenvalue weighted by Gasteiger charge is -2.47. The molecule has 4 rings (SSSR count). The summed E-state index contributed by atoms with van der Waals surface area (Å²) in [5.41, 5.74) is 0. The molecule has 6 nitrogen and oxygen atoms in total. The third-order valence-corrected chi connectivity index (χ3v) is 5.63. The number of methoxy groups -OCH3 is 1. The highest BCUT2D eigenvalue weighted by Crippen LogP contribution is 2.38. The smallest absolute Gasteiger partial charge is 0.227 e. The molecule has 0 amide bonds. The van der Waals surface area contributed by atoms with Crippen LogP contribution in [-0.2, 0) is 18.4 Å². The predicted octanol–water partition coefficient (Wildman–Crippen LogP) is 1.41. The van der Waals surface area contributed by atoms with Crippen LogP contribution >= 0.6 is 0 Å². The van der Waals surface area contributed by atoms with Crippen LogP contribution in [0.2, 0.25) is 0 Å². The molecular weight excluding hydrogens is 278 g/mol. The topological polar surface area (TPSA) is 46.4 Å². The summed E-state index contributed by atoms with van der Waals surface area (Å²) in [6.45, 7) is 4.09. The SMILES string of the molecule is COCc1nnc(N2CCC3C(CCCN3C3CC3)C2)n1C. The van der Waals surface area contributed by atoms with Gasteiger partial charge in [-0.2, -0.15) is 0 Å². The van der Waals surface area contributed by atoms with E-state index in [1.165, 1.54) is 38.6 Å². The Bertz CT molecular complexity index is 527. The van der Waals surface area contributed by atoms with E-state index in [0.717, 1.165) is 42.9 Å². The van der Waals surface area contributed by atoms with Crippen molar-refractivity contribution in [2.24, 2.45) is 13.0 Å². The second-order valence-electron chi connectivity index (χ2n) is 7.08. The molecule has 3 aliphatic rings. The molecule has 2 atom stereocenters. The van der Waals surface area contributed by atoms with Gasteiger partial charge in [0.1, 0.15) is 6.61 Å². The van der Waals surface area contributed by atoms with Gasteiger partial charge in [0, 0.05) is 39.3 Å². The third-order valence-electron chi connectivity index (χ3n) is 5.63. The van der Waals surface area contributed by atoms with Crippen molar-refractivity contribution in [1.29, 1.82) is 0 Å². The van der Waals surface area contributed by atoms with Crippen molar-refractivity contribution in [2.45, 2.75) is 50.8 Å². The zero-order valence-electron chi connectivity index (χ0n) is 13.7. The average molecular weight is 305 g/mol. The Labute approximate surface area is 132 Å². The summed E-state index contributed by atoms with van der Waals surface area (Å²) in [4.78, 5) is 5.25. The number of likely N-dealkylation sites (tertiary alicyclic amines) is 1. The van der Waals surface area contributed by atoms with Crippen molar-refractivity contribution in [3.05, 3.63) is 5.82 Å². The van der Waals surface area contributed by atoms with Crippen molar-refractivity contribution in [3.8, 4) is 0 Å². The number of anilines is 1. The van der Waals surface area contributed by atoms with E-state index in [-0.39, 0.29) is 0 Å². The van der Waals surface area contributed by atoms with Crippen molar-refractivity contribution < 1.29 is 4.74 Å². The minimum absolute atomic E-state index is 0.527. The molecule has 0 spiro atoms. The number of rotatable bonds is 4. The monoisotopic (exact) mass is 305 g/mol. The lowest BCUT2D eigenvalue weighted by molar-refractivity contribution is 0.0693. The van der Waals surface area contributed by atoms with Gasteiger partial charge < -0.3 is 9.64 Å². The molecule has 0 N–H and O–H groups in total. The van der Waals surface area contributed by atoms with Crippen LogP contribution in [0.25, 0.3) is 0 Å². The minimum atomic E-state index is 0.527. The first-order valence-electron chi connectivity index (χ1n) is 8.66. The van der Waals surface area contributed by atoms with E-state index in [1.807, 2.05) is 7.05 Å². The molecule has 3 heterocycles. The fourth-order valence-electron chi connectivity index (χ4n) is 4.37. The van der Waals surface area contributed by atoms with Gasteiger partial charge in [-0.25, -0.2) is 0 Å². The van der Waals surface area contributed by atoms with Gasteiger partial charge in [0.15, 0.2) is 5.82 Å². The summed E-state index contributed by atoms with van der Waals surface area (Å²) < 4.78 is 7.28. The molecule has 1 saturated carbocycles. The van der Waals surface area contributed by atoms with Gasteiger partial charge in [-0.3, -0.25) is 9.47 Å². The highest BCUT2D eigenvalue weighted by atomic mass is 16.5. The van der Waals surface area contributed by atoms with Gasteiger partial charge in [0.2, 0.25) is 5.95 Å². The molecule has 1 aromatic rings. The van der Waals surface area contributed by atoms with E-state index < -0.39 is 0 Å². The van der Waals surface area contributed by atoms with Gasteiger partial charge in [-0.1, -0.05) is 0 Å². The number of ether oxygens (including phenoxy) is 1. The van der Waals surface area contributed by atoms with E-state index in [2.05, 4.69) is 24.6 Å². The van der Waals surface area contributed by atoms with Gasteiger partial charge in [0.25, 0.3) is 0 Å². The Morgan fingerprint density at radius 2 is 2.00 bits per heavy atom. The van der Waals surface area contributed by atoms with E-state index in [1.54, 1.807) is 7.11 Å². The highest BCUT2D eigenvalue weighted by Gasteiger charge is 2.42. The number of fused-ring (bicyclic) bond motifs is 1. The first-order valence-corrected chi connectivity index (χ1v) is 8.66. The summed E-state index contributed by atoms with van der Waals surface area (Å²) in [5, 5.41) is 8.68. The molecule has 6 heteroatoms. The van der Waals surface area contributed by atoms with Gasteiger partial charge in [-0.15, -0.1) is 10.2 Å². The van der Waals surface area contributed by atoms with Crippen molar-refractivity contribution >= 4 is 5.95 Å². The number of hydrogen-bond donors (Lipinski definition) is 0. The first kappa shape index (κ1) is 14.5. The van der Waals surface area contributed by atoms with Crippen molar-refractivity contribution in [2.75, 3.05) is 31.6 Å². The molecule has 2 aliphatic heterocycles. The Hall–Kier alpha value is -1.14. The summed E-state index contributed by atoms with van der Waals surface area (Å²) in [6, 6.07) is 1.71. The van der Waals surface area contributed by atoms with Gasteiger partial charge >= 0.3 is 0 Å². The standard InChI is InChI=1S/C16H27N5O/c1-19-15(11-22-2)17-18-16(19)20-9-7-14-12(10-20)4-3-8-21(14)13-5-6-13/h12-14H,3-11H2,1-2H3. The lowest BCUT2D eigenvalue weighted by Crippen LogP contribution is -2.55. The summed E-state index contributed by atoms with van der Waals surface area (Å²) in [7, 11) is 3.75. The number of piperidine rings is 2. The van der Waals surface area contributed by atoms with Crippen LogP contribution in [0.1, 0.15) is 37.9 Å². The van der Waals surface area contributed by atoms with Gasteiger partial charge in [-0.05, 0) is 44.6 Å². The van der Waals surface area contributed by atoms with Crippen LogP contribution in [0, 0.1) is 5.92 Å². The molecule has 2 saturated heterocycles. The zero-order valence-corrected chi connectivity index (χ0v) is 13.7. The van der Waals surface area contributed by atoms with E-state index >= 15 is 0 Å². The molecule has 22 heavy (non-hydrogen) atoms. The summed E-state index contributed by atoms with van der Waals surface area (Å²) in [5.74, 6) is 2.71. The molecule has 3 fully saturated rings. The van der Waals surface area contributed by atoms with Crippen LogP contribution in [0.15, 0.2) is 0 Å². The van der Waals surface area contributed by atoms with Crippen LogP contribution in [0.3, 0.4) is 0 Å². The fourth-order valence-corrected chi connectivity index (χ4v) is 4.37. The molecule has 0 radical (unpaired) electrons. The molecule has 0 bridgehead atoms. The quantitative estimate of drug-likeness (QED) is 0.842. The molecule has 1 aliphatic carbocycles. The van der Waals surface area contributed by atoms with E-state index in [0.29, 0.717) is 6.61 Å². The van der Waals surface area contributed by atoms with Gasteiger partial charge in [0.05, 0.1) is 0 Å². The largest absolute Gasteiger partial charge is 0.377 e. The maximum Gasteiger partial charge on any atom is 0.227 e. The second-order valence-corrected chi connectivity index (χ2v) is 7.08. The maximum absolute atomic E-state index is 5.19. The molecule has 0 aromatic carbocycles. The zero-order chi connectivity index (χ0) is 15.1. The normalized spacial score (nSPS) is 29.6. The lowest BCUT2D eigenvalue weighted by atomic mass is 9.84. The predicted molar refractivity (Wildman–Crippen MR) is 84.8 cm³/mol. The minimum Gasteiger partial charge on any atom is -0.377 e. The van der Waals surface area contributed by atoms with Crippen LogP contribution < -0.4 is 4.90 Å². The van der Waals surface area contributed by atoms with Crippen molar-refractivity contribution in [1.82, 2.24) is 19.7 Å².